The summed E-state index contributed by atoms with van der Waals surface area (Å²) in [6, 6.07) is 13.3. The third kappa shape index (κ3) is 3.68. The zero-order chi connectivity index (χ0) is 20.3. The van der Waals surface area contributed by atoms with Crippen molar-refractivity contribution in [3.8, 4) is 11.5 Å². The number of rotatable bonds is 4. The van der Waals surface area contributed by atoms with Gasteiger partial charge in [0, 0.05) is 22.5 Å². The van der Waals surface area contributed by atoms with Crippen LogP contribution in [-0.2, 0) is 9.59 Å². The smallest absolute Gasteiger partial charge is 0.314 e. The standard InChI is InChI=1S/C19H15N3O6/c1-28-17-10-11(22(26)27)8-9-15(17)21-19(25)18(24)20-14-6-2-5-13-12(14)4-3-7-16(13)23/h2-10,23H,1H3,(H,20,24)(H,21,25). The maximum absolute atomic E-state index is 12.3. The molecule has 0 aliphatic carbocycles. The highest BCUT2D eigenvalue weighted by molar-refractivity contribution is 6.44. The van der Waals surface area contributed by atoms with E-state index >= 15 is 0 Å². The van der Waals surface area contributed by atoms with Crippen LogP contribution in [0.1, 0.15) is 0 Å². The molecule has 0 saturated carbocycles. The van der Waals surface area contributed by atoms with Crippen LogP contribution in [0.15, 0.2) is 54.6 Å². The molecule has 3 aromatic rings. The Morgan fingerprint density at radius 1 is 0.964 bits per heavy atom. The van der Waals surface area contributed by atoms with Gasteiger partial charge in [0.15, 0.2) is 0 Å². The van der Waals surface area contributed by atoms with Crippen molar-refractivity contribution in [3.63, 3.8) is 0 Å². The van der Waals surface area contributed by atoms with Gasteiger partial charge < -0.3 is 20.5 Å². The molecule has 142 valence electrons. The Kier molecular flexibility index (Phi) is 5.07. The number of methoxy groups -OCH3 is 1. The van der Waals surface area contributed by atoms with Crippen LogP contribution in [0.2, 0.25) is 0 Å². The van der Waals surface area contributed by atoms with E-state index in [0.717, 1.165) is 6.07 Å². The van der Waals surface area contributed by atoms with Crippen molar-refractivity contribution in [1.29, 1.82) is 0 Å². The third-order valence-electron chi connectivity index (χ3n) is 4.00. The van der Waals surface area contributed by atoms with E-state index in [-0.39, 0.29) is 22.9 Å². The van der Waals surface area contributed by atoms with Crippen molar-refractivity contribution >= 4 is 39.6 Å². The summed E-state index contributed by atoms with van der Waals surface area (Å²) in [5, 5.41) is 26.7. The maximum atomic E-state index is 12.3. The van der Waals surface area contributed by atoms with Gasteiger partial charge in [0.25, 0.3) is 5.69 Å². The van der Waals surface area contributed by atoms with Crippen LogP contribution in [0.4, 0.5) is 17.1 Å². The lowest BCUT2D eigenvalue weighted by molar-refractivity contribution is -0.384. The first-order chi connectivity index (χ1) is 13.4. The number of ether oxygens (including phenoxy) is 1. The first-order valence-electron chi connectivity index (χ1n) is 8.06. The number of hydrogen-bond acceptors (Lipinski definition) is 6. The average molecular weight is 381 g/mol. The number of carbonyl (C=O) groups is 2. The lowest BCUT2D eigenvalue weighted by Crippen LogP contribution is -2.29. The van der Waals surface area contributed by atoms with Gasteiger partial charge in [-0.1, -0.05) is 24.3 Å². The Labute approximate surface area is 158 Å². The molecule has 0 aliphatic rings. The summed E-state index contributed by atoms with van der Waals surface area (Å²) in [5.41, 5.74) is 0.253. The fourth-order valence-corrected chi connectivity index (χ4v) is 2.66. The fourth-order valence-electron chi connectivity index (χ4n) is 2.66. The molecule has 9 nitrogen and oxygen atoms in total. The molecule has 3 N–H and O–H groups in total. The fraction of sp³-hybridized carbons (Fsp3) is 0.0526. The van der Waals surface area contributed by atoms with Gasteiger partial charge in [-0.05, 0) is 18.2 Å². The predicted molar refractivity (Wildman–Crippen MR) is 103 cm³/mol. The van der Waals surface area contributed by atoms with Crippen LogP contribution in [0.25, 0.3) is 10.8 Å². The molecule has 0 spiro atoms. The average Bonchev–Trinajstić information content (AvgIpc) is 2.68. The molecule has 9 heteroatoms. The van der Waals surface area contributed by atoms with Gasteiger partial charge in [-0.2, -0.15) is 0 Å². The second-order valence-electron chi connectivity index (χ2n) is 5.73. The number of benzene rings is 3. The SMILES string of the molecule is COc1cc([N+](=O)[O-])ccc1NC(=O)C(=O)Nc1cccc2c(O)cccc12. The number of anilines is 2. The Hall–Kier alpha value is -4.14. The molecule has 0 heterocycles. The van der Waals surface area contributed by atoms with E-state index in [0.29, 0.717) is 16.5 Å². The summed E-state index contributed by atoms with van der Waals surface area (Å²) in [6.07, 6.45) is 0. The number of nitro groups is 1. The van der Waals surface area contributed by atoms with Crippen LogP contribution in [0.3, 0.4) is 0 Å². The molecule has 0 fully saturated rings. The lowest BCUT2D eigenvalue weighted by Gasteiger charge is -2.11. The van der Waals surface area contributed by atoms with E-state index in [1.54, 1.807) is 30.3 Å². The van der Waals surface area contributed by atoms with Gasteiger partial charge in [-0.3, -0.25) is 19.7 Å². The normalized spacial score (nSPS) is 10.3. The van der Waals surface area contributed by atoms with Crippen LogP contribution in [0.5, 0.6) is 11.5 Å². The number of hydrogen-bond donors (Lipinski definition) is 3. The Morgan fingerprint density at radius 3 is 2.29 bits per heavy atom. The number of carbonyl (C=O) groups excluding carboxylic acids is 2. The first kappa shape index (κ1) is 18.6. The molecule has 0 bridgehead atoms. The summed E-state index contributed by atoms with van der Waals surface area (Å²) in [4.78, 5) is 34.8. The molecule has 0 saturated heterocycles. The Balaban J connectivity index is 1.80. The highest BCUT2D eigenvalue weighted by Gasteiger charge is 2.19. The van der Waals surface area contributed by atoms with Crippen molar-refractivity contribution in [1.82, 2.24) is 0 Å². The molecule has 0 aliphatic heterocycles. The molecular formula is C19H15N3O6. The summed E-state index contributed by atoms with van der Waals surface area (Å²) < 4.78 is 5.03. The van der Waals surface area contributed by atoms with Gasteiger partial charge in [-0.15, -0.1) is 0 Å². The molecule has 0 atom stereocenters. The van der Waals surface area contributed by atoms with Gasteiger partial charge >= 0.3 is 11.8 Å². The van der Waals surface area contributed by atoms with Gasteiger partial charge in [0.05, 0.1) is 23.8 Å². The predicted octanol–water partition coefficient (Wildman–Crippen LogP) is 3.04. The number of phenolic OH excluding ortho intramolecular Hbond substituents is 1. The van der Waals surface area contributed by atoms with Crippen molar-refractivity contribution < 1.29 is 24.4 Å². The van der Waals surface area contributed by atoms with E-state index < -0.39 is 16.7 Å². The highest BCUT2D eigenvalue weighted by Crippen LogP contribution is 2.31. The van der Waals surface area contributed by atoms with Crippen LogP contribution in [-0.4, -0.2) is 29.0 Å². The van der Waals surface area contributed by atoms with E-state index in [1.165, 1.54) is 25.3 Å². The molecule has 0 unspecified atom stereocenters. The minimum atomic E-state index is -0.982. The van der Waals surface area contributed by atoms with Crippen molar-refractivity contribution in [2.45, 2.75) is 0 Å². The minimum Gasteiger partial charge on any atom is -0.507 e. The van der Waals surface area contributed by atoms with Crippen LogP contribution < -0.4 is 15.4 Å². The number of phenols is 1. The van der Waals surface area contributed by atoms with Gasteiger partial charge in [0.1, 0.15) is 11.5 Å². The zero-order valence-electron chi connectivity index (χ0n) is 14.6. The van der Waals surface area contributed by atoms with Gasteiger partial charge in [-0.25, -0.2) is 0 Å². The van der Waals surface area contributed by atoms with E-state index in [2.05, 4.69) is 10.6 Å². The summed E-state index contributed by atoms with van der Waals surface area (Å²) in [7, 11) is 1.29. The number of fused-ring (bicyclic) bond motifs is 1. The number of non-ortho nitro benzene ring substituents is 1. The number of nitrogens with one attached hydrogen (secondary N) is 2. The molecule has 3 rings (SSSR count). The number of nitro benzene ring substituents is 1. The maximum Gasteiger partial charge on any atom is 0.314 e. The third-order valence-corrected chi connectivity index (χ3v) is 4.00. The van der Waals surface area contributed by atoms with E-state index in [1.807, 2.05) is 0 Å². The number of nitrogens with zero attached hydrogens (tertiary/aromatic N) is 1. The van der Waals surface area contributed by atoms with E-state index in [9.17, 15) is 24.8 Å². The molecule has 3 aromatic carbocycles. The second-order valence-corrected chi connectivity index (χ2v) is 5.73. The van der Waals surface area contributed by atoms with E-state index in [4.69, 9.17) is 4.74 Å². The topological polar surface area (TPSA) is 131 Å². The van der Waals surface area contributed by atoms with Crippen molar-refractivity contribution in [3.05, 3.63) is 64.7 Å². The monoisotopic (exact) mass is 381 g/mol. The van der Waals surface area contributed by atoms with Crippen LogP contribution >= 0.6 is 0 Å². The van der Waals surface area contributed by atoms with Crippen molar-refractivity contribution in [2.24, 2.45) is 0 Å². The van der Waals surface area contributed by atoms with Crippen molar-refractivity contribution in [2.75, 3.05) is 17.7 Å². The largest absolute Gasteiger partial charge is 0.507 e. The summed E-state index contributed by atoms with van der Waals surface area (Å²) in [5.74, 6) is -1.83. The quantitative estimate of drug-likeness (QED) is 0.362. The first-order valence-corrected chi connectivity index (χ1v) is 8.06. The molecular weight excluding hydrogens is 366 g/mol. The summed E-state index contributed by atoms with van der Waals surface area (Å²) >= 11 is 0. The molecule has 2 amide bonds. The highest BCUT2D eigenvalue weighted by atomic mass is 16.6. The van der Waals surface area contributed by atoms with Crippen LogP contribution in [0, 0.1) is 10.1 Å². The number of aromatic hydroxyl groups is 1. The second kappa shape index (κ2) is 7.62. The molecule has 28 heavy (non-hydrogen) atoms. The lowest BCUT2D eigenvalue weighted by atomic mass is 10.1. The summed E-state index contributed by atoms with van der Waals surface area (Å²) in [6.45, 7) is 0. The Bertz CT molecular complexity index is 1100. The minimum absolute atomic E-state index is 0.0467. The molecule has 0 radical (unpaired) electrons. The Morgan fingerprint density at radius 2 is 1.61 bits per heavy atom. The molecule has 0 aromatic heterocycles. The zero-order valence-corrected chi connectivity index (χ0v) is 14.6. The number of amides is 2. The van der Waals surface area contributed by atoms with Gasteiger partial charge in [0.2, 0.25) is 0 Å².